The smallest absolute Gasteiger partial charge is 0.330 e. The van der Waals surface area contributed by atoms with Gasteiger partial charge >= 0.3 is 12.0 Å². The Balaban J connectivity index is 1.58. The van der Waals surface area contributed by atoms with Gasteiger partial charge in [-0.2, -0.15) is 9.97 Å². The van der Waals surface area contributed by atoms with Crippen LogP contribution in [0.3, 0.4) is 0 Å². The summed E-state index contributed by atoms with van der Waals surface area (Å²) in [6, 6.07) is 5.07. The molecule has 0 N–H and O–H groups in total. The Morgan fingerprint density at radius 3 is 2.33 bits per heavy atom. The minimum absolute atomic E-state index is 0.0858. The van der Waals surface area contributed by atoms with Crippen molar-refractivity contribution in [2.75, 3.05) is 39.2 Å². The summed E-state index contributed by atoms with van der Waals surface area (Å²) < 4.78 is 31.2. The zero-order valence-corrected chi connectivity index (χ0v) is 19.8. The molecule has 2 aromatic rings. The summed E-state index contributed by atoms with van der Waals surface area (Å²) in [4.78, 5) is 18.0. The number of rotatable bonds is 7. The van der Waals surface area contributed by atoms with Gasteiger partial charge in [0.25, 0.3) is 0 Å². The first kappa shape index (κ1) is 23.5. The van der Waals surface area contributed by atoms with Gasteiger partial charge in [0.05, 0.1) is 7.11 Å². The Kier molecular flexibility index (Phi) is 7.80. The van der Waals surface area contributed by atoms with Gasteiger partial charge < -0.3 is 24.0 Å². The third-order valence-corrected chi connectivity index (χ3v) is 6.54. The van der Waals surface area contributed by atoms with E-state index in [2.05, 4.69) is 31.8 Å². The normalized spacial score (nSPS) is 18.5. The first-order valence-electron chi connectivity index (χ1n) is 11.9. The summed E-state index contributed by atoms with van der Waals surface area (Å²) in [5, 5.41) is 0. The molecule has 33 heavy (non-hydrogen) atoms. The second-order valence-electron chi connectivity index (χ2n) is 8.98. The molecule has 1 aliphatic carbocycles. The zero-order chi connectivity index (χ0) is 23.2. The van der Waals surface area contributed by atoms with Gasteiger partial charge in [-0.15, -0.1) is 4.98 Å². The van der Waals surface area contributed by atoms with Crippen molar-refractivity contribution >= 4 is 5.95 Å². The summed E-state index contributed by atoms with van der Waals surface area (Å²) in [7, 11) is 5.56. The first-order chi connectivity index (χ1) is 16.0. The van der Waals surface area contributed by atoms with E-state index in [-0.39, 0.29) is 29.6 Å². The zero-order valence-electron chi connectivity index (χ0n) is 19.8. The molecule has 0 radical (unpaired) electrons. The molecule has 1 saturated heterocycles. The minimum Gasteiger partial charge on any atom is -0.494 e. The van der Waals surface area contributed by atoms with Gasteiger partial charge in [-0.3, -0.25) is 0 Å². The van der Waals surface area contributed by atoms with Crippen LogP contribution in [0.25, 0.3) is 0 Å². The Labute approximate surface area is 195 Å². The first-order valence-corrected chi connectivity index (χ1v) is 11.9. The van der Waals surface area contributed by atoms with Crippen LogP contribution in [0.2, 0.25) is 0 Å². The number of hydrogen-bond acceptors (Lipinski definition) is 8. The van der Waals surface area contributed by atoms with Gasteiger partial charge in [0, 0.05) is 19.2 Å². The Morgan fingerprint density at radius 2 is 1.67 bits per heavy atom. The van der Waals surface area contributed by atoms with Crippen LogP contribution < -0.4 is 19.1 Å². The monoisotopic (exact) mass is 459 g/mol. The van der Waals surface area contributed by atoms with Crippen molar-refractivity contribution in [2.45, 2.75) is 63.5 Å². The molecule has 0 spiro atoms. The highest BCUT2D eigenvalue weighted by Crippen LogP contribution is 2.29. The van der Waals surface area contributed by atoms with Crippen LogP contribution in [0.1, 0.15) is 51.4 Å². The van der Waals surface area contributed by atoms with Gasteiger partial charge in [-0.1, -0.05) is 12.8 Å². The summed E-state index contributed by atoms with van der Waals surface area (Å²) in [6.07, 6.45) is 8.88. The lowest BCUT2D eigenvalue weighted by molar-refractivity contribution is 0.165. The van der Waals surface area contributed by atoms with Gasteiger partial charge in [0.1, 0.15) is 11.9 Å². The van der Waals surface area contributed by atoms with Gasteiger partial charge in [0.15, 0.2) is 11.6 Å². The maximum absolute atomic E-state index is 14.2. The predicted molar refractivity (Wildman–Crippen MR) is 124 cm³/mol. The van der Waals surface area contributed by atoms with Crippen LogP contribution >= 0.6 is 0 Å². The fraction of sp³-hybridized carbons (Fsp3) is 0.625. The van der Waals surface area contributed by atoms with Crippen LogP contribution in [-0.2, 0) is 0 Å². The molecule has 4 rings (SSSR count). The highest BCUT2D eigenvalue weighted by atomic mass is 19.1. The Morgan fingerprint density at radius 1 is 0.970 bits per heavy atom. The van der Waals surface area contributed by atoms with Crippen molar-refractivity contribution in [3.05, 3.63) is 24.0 Å². The number of benzene rings is 1. The topological polar surface area (TPSA) is 72.8 Å². The van der Waals surface area contributed by atoms with Crippen molar-refractivity contribution in [3.63, 3.8) is 0 Å². The quantitative estimate of drug-likeness (QED) is 0.563. The molecule has 1 aromatic carbocycles. The molecule has 0 unspecified atom stereocenters. The number of methoxy groups -OCH3 is 1. The molecule has 1 saturated carbocycles. The van der Waals surface area contributed by atoms with Crippen LogP contribution in [0.5, 0.6) is 23.5 Å². The molecule has 2 aliphatic rings. The molecule has 2 fully saturated rings. The Hall–Kier alpha value is -2.68. The van der Waals surface area contributed by atoms with Crippen molar-refractivity contribution < 1.29 is 18.6 Å². The highest BCUT2D eigenvalue weighted by molar-refractivity contribution is 5.37. The van der Waals surface area contributed by atoms with E-state index in [0.29, 0.717) is 12.0 Å². The SMILES string of the molecule is COc1ccc(Oc2nc(OC3CCCCCC3)nc(N(C)C3CCN(C)CC3)n2)cc1F. The maximum atomic E-state index is 14.2. The summed E-state index contributed by atoms with van der Waals surface area (Å²) in [6.45, 7) is 2.06. The molecule has 0 atom stereocenters. The molecule has 9 heteroatoms. The number of likely N-dealkylation sites (tertiary alicyclic amines) is 1. The van der Waals surface area contributed by atoms with E-state index >= 15 is 0 Å². The average molecular weight is 460 g/mol. The lowest BCUT2D eigenvalue weighted by atomic mass is 10.0. The molecule has 8 nitrogen and oxygen atoms in total. The maximum Gasteiger partial charge on any atom is 0.330 e. The van der Waals surface area contributed by atoms with Crippen LogP contribution in [0, 0.1) is 5.82 Å². The van der Waals surface area contributed by atoms with Gasteiger partial charge in [0.2, 0.25) is 5.95 Å². The third kappa shape index (κ3) is 6.22. The molecule has 1 aromatic heterocycles. The number of nitrogens with zero attached hydrogens (tertiary/aromatic N) is 5. The minimum atomic E-state index is -0.511. The van der Waals surface area contributed by atoms with Crippen molar-refractivity contribution in [3.8, 4) is 23.5 Å². The fourth-order valence-electron chi connectivity index (χ4n) is 4.45. The summed E-state index contributed by atoms with van der Waals surface area (Å²) in [5.74, 6) is 0.431. The molecular formula is C24H34FN5O3. The van der Waals surface area contributed by atoms with Gasteiger partial charge in [-0.05, 0) is 70.8 Å². The lowest BCUT2D eigenvalue weighted by Crippen LogP contribution is -2.42. The second-order valence-corrected chi connectivity index (χ2v) is 8.98. The summed E-state index contributed by atoms with van der Waals surface area (Å²) in [5.41, 5.74) is 0. The van der Waals surface area contributed by atoms with Crippen LogP contribution in [0.4, 0.5) is 10.3 Å². The van der Waals surface area contributed by atoms with Gasteiger partial charge in [-0.25, -0.2) is 4.39 Å². The molecule has 1 aliphatic heterocycles. The average Bonchev–Trinajstić information content (AvgIpc) is 3.08. The van der Waals surface area contributed by atoms with Crippen molar-refractivity contribution in [1.29, 1.82) is 0 Å². The van der Waals surface area contributed by atoms with Crippen molar-refractivity contribution in [1.82, 2.24) is 19.9 Å². The number of piperidine rings is 1. The number of anilines is 1. The molecule has 180 valence electrons. The van der Waals surface area contributed by atoms with Crippen LogP contribution in [0.15, 0.2) is 18.2 Å². The predicted octanol–water partition coefficient (Wildman–Crippen LogP) is 4.44. The largest absolute Gasteiger partial charge is 0.494 e. The number of ether oxygens (including phenoxy) is 3. The third-order valence-electron chi connectivity index (χ3n) is 6.54. The van der Waals surface area contributed by atoms with E-state index in [4.69, 9.17) is 14.2 Å². The lowest BCUT2D eigenvalue weighted by Gasteiger charge is -2.35. The van der Waals surface area contributed by atoms with E-state index in [1.165, 1.54) is 32.1 Å². The molecule has 0 amide bonds. The molecular weight excluding hydrogens is 425 g/mol. The van der Waals surface area contributed by atoms with Crippen molar-refractivity contribution in [2.24, 2.45) is 0 Å². The molecule has 0 bridgehead atoms. The fourth-order valence-corrected chi connectivity index (χ4v) is 4.45. The van der Waals surface area contributed by atoms with E-state index in [9.17, 15) is 4.39 Å². The van der Waals surface area contributed by atoms with Crippen LogP contribution in [-0.4, -0.2) is 66.3 Å². The standard InChI is InChI=1S/C24H34FN5O3/c1-29-14-12-17(13-15-29)30(2)22-26-23(32-18-8-6-4-5-7-9-18)28-24(27-22)33-19-10-11-21(31-3)20(25)16-19/h10-11,16-18H,4-9,12-15H2,1-3H3. The molecule has 2 heterocycles. The van der Waals surface area contributed by atoms with E-state index in [1.54, 1.807) is 6.07 Å². The second kappa shape index (κ2) is 11.0. The van der Waals surface area contributed by atoms with E-state index in [0.717, 1.165) is 51.6 Å². The summed E-state index contributed by atoms with van der Waals surface area (Å²) >= 11 is 0. The number of hydrogen-bond donors (Lipinski definition) is 0. The van der Waals surface area contributed by atoms with E-state index in [1.807, 2.05) is 7.05 Å². The van der Waals surface area contributed by atoms with E-state index < -0.39 is 5.82 Å². The Bertz CT molecular complexity index is 915. The number of halogens is 1. The number of aromatic nitrogens is 3. The highest BCUT2D eigenvalue weighted by Gasteiger charge is 2.25.